The monoisotopic (exact) mass is 289 g/mol. The van der Waals surface area contributed by atoms with Gasteiger partial charge in [-0.15, -0.1) is 0 Å². The van der Waals surface area contributed by atoms with Crippen LogP contribution in [0.2, 0.25) is 5.02 Å². The minimum Gasteiger partial charge on any atom is -0.494 e. The van der Waals surface area contributed by atoms with Gasteiger partial charge in [-0.05, 0) is 55.2 Å². The average Bonchev–Trinajstić information content (AvgIpc) is 2.42. The standard InChI is InChI=1S/C17H20ClNO/c1-2-20-17-5-3-4-14(12-17)11-16(19)10-13-6-8-15(18)9-7-13/h3-9,12,16H,2,10-11,19H2,1H3. The molecule has 0 aromatic heterocycles. The molecule has 1 atom stereocenters. The van der Waals surface area contributed by atoms with Crippen molar-refractivity contribution in [2.45, 2.75) is 25.8 Å². The Labute approximate surface area is 125 Å². The Morgan fingerprint density at radius 2 is 1.75 bits per heavy atom. The summed E-state index contributed by atoms with van der Waals surface area (Å²) in [4.78, 5) is 0. The fraction of sp³-hybridized carbons (Fsp3) is 0.294. The van der Waals surface area contributed by atoms with Crippen molar-refractivity contribution in [2.75, 3.05) is 6.61 Å². The molecule has 2 aromatic rings. The van der Waals surface area contributed by atoms with Gasteiger partial charge < -0.3 is 10.5 Å². The summed E-state index contributed by atoms with van der Waals surface area (Å²) in [6.45, 7) is 2.67. The number of benzene rings is 2. The Morgan fingerprint density at radius 1 is 1.05 bits per heavy atom. The minimum absolute atomic E-state index is 0.0908. The molecule has 2 nitrogen and oxygen atoms in total. The first-order chi connectivity index (χ1) is 9.67. The zero-order valence-electron chi connectivity index (χ0n) is 11.7. The van der Waals surface area contributed by atoms with Gasteiger partial charge in [0.25, 0.3) is 0 Å². The van der Waals surface area contributed by atoms with Crippen LogP contribution in [0.5, 0.6) is 5.75 Å². The lowest BCUT2D eigenvalue weighted by Crippen LogP contribution is -2.25. The summed E-state index contributed by atoms with van der Waals surface area (Å²) in [5.74, 6) is 0.906. The van der Waals surface area contributed by atoms with Crippen LogP contribution in [-0.4, -0.2) is 12.6 Å². The predicted molar refractivity (Wildman–Crippen MR) is 84.4 cm³/mol. The molecule has 0 heterocycles. The third kappa shape index (κ3) is 4.55. The minimum atomic E-state index is 0.0908. The van der Waals surface area contributed by atoms with E-state index in [4.69, 9.17) is 22.1 Å². The SMILES string of the molecule is CCOc1cccc(CC(N)Cc2ccc(Cl)cc2)c1. The highest BCUT2D eigenvalue weighted by atomic mass is 35.5. The molecule has 20 heavy (non-hydrogen) atoms. The van der Waals surface area contributed by atoms with Gasteiger partial charge in [0.15, 0.2) is 0 Å². The number of halogens is 1. The van der Waals surface area contributed by atoms with Crippen molar-refractivity contribution in [1.29, 1.82) is 0 Å². The van der Waals surface area contributed by atoms with Gasteiger partial charge in [0.2, 0.25) is 0 Å². The maximum Gasteiger partial charge on any atom is 0.119 e. The predicted octanol–water partition coefficient (Wildman–Crippen LogP) is 3.85. The summed E-state index contributed by atoms with van der Waals surface area (Å²) in [5, 5.41) is 0.756. The average molecular weight is 290 g/mol. The van der Waals surface area contributed by atoms with E-state index in [9.17, 15) is 0 Å². The lowest BCUT2D eigenvalue weighted by molar-refractivity contribution is 0.340. The van der Waals surface area contributed by atoms with Crippen LogP contribution in [0.15, 0.2) is 48.5 Å². The molecule has 0 bridgehead atoms. The van der Waals surface area contributed by atoms with E-state index < -0.39 is 0 Å². The van der Waals surface area contributed by atoms with Crippen molar-refractivity contribution in [1.82, 2.24) is 0 Å². The number of nitrogens with two attached hydrogens (primary N) is 1. The van der Waals surface area contributed by atoms with E-state index in [0.717, 1.165) is 23.6 Å². The van der Waals surface area contributed by atoms with Crippen LogP contribution in [0.25, 0.3) is 0 Å². The first-order valence-corrected chi connectivity index (χ1v) is 7.27. The van der Waals surface area contributed by atoms with Crippen molar-refractivity contribution in [3.63, 3.8) is 0 Å². The number of hydrogen-bond donors (Lipinski definition) is 1. The second kappa shape index (κ2) is 7.32. The maximum atomic E-state index is 6.23. The molecule has 0 radical (unpaired) electrons. The van der Waals surface area contributed by atoms with Gasteiger partial charge in [0.05, 0.1) is 6.61 Å². The molecule has 0 amide bonds. The van der Waals surface area contributed by atoms with Crippen LogP contribution < -0.4 is 10.5 Å². The molecule has 2 rings (SSSR count). The van der Waals surface area contributed by atoms with Crippen molar-refractivity contribution >= 4 is 11.6 Å². The molecule has 1 unspecified atom stereocenters. The molecule has 0 spiro atoms. The molecule has 0 saturated carbocycles. The lowest BCUT2D eigenvalue weighted by Gasteiger charge is -2.13. The van der Waals surface area contributed by atoms with E-state index in [2.05, 4.69) is 12.1 Å². The fourth-order valence-electron chi connectivity index (χ4n) is 2.23. The number of ether oxygens (including phenoxy) is 1. The van der Waals surface area contributed by atoms with E-state index in [0.29, 0.717) is 6.61 Å². The maximum absolute atomic E-state index is 6.23. The van der Waals surface area contributed by atoms with Crippen LogP contribution in [0.3, 0.4) is 0 Å². The summed E-state index contributed by atoms with van der Waals surface area (Å²) in [5.41, 5.74) is 8.64. The third-order valence-corrected chi connectivity index (χ3v) is 3.37. The molecule has 0 saturated heterocycles. The highest BCUT2D eigenvalue weighted by Gasteiger charge is 2.06. The van der Waals surface area contributed by atoms with Gasteiger partial charge in [-0.1, -0.05) is 35.9 Å². The summed E-state index contributed by atoms with van der Waals surface area (Å²) < 4.78 is 5.50. The van der Waals surface area contributed by atoms with Gasteiger partial charge in [-0.2, -0.15) is 0 Å². The second-order valence-electron chi connectivity index (χ2n) is 4.88. The topological polar surface area (TPSA) is 35.2 Å². The van der Waals surface area contributed by atoms with Gasteiger partial charge in [0, 0.05) is 11.1 Å². The molecule has 106 valence electrons. The Kier molecular flexibility index (Phi) is 5.45. The first-order valence-electron chi connectivity index (χ1n) is 6.89. The van der Waals surface area contributed by atoms with Crippen LogP contribution in [0.1, 0.15) is 18.1 Å². The zero-order valence-corrected chi connectivity index (χ0v) is 12.4. The molecule has 0 aliphatic carbocycles. The van der Waals surface area contributed by atoms with Crippen LogP contribution >= 0.6 is 11.6 Å². The zero-order chi connectivity index (χ0) is 14.4. The molecule has 2 N–H and O–H groups in total. The normalized spacial score (nSPS) is 12.2. The Hall–Kier alpha value is -1.51. The lowest BCUT2D eigenvalue weighted by atomic mass is 10.00. The number of hydrogen-bond acceptors (Lipinski definition) is 2. The van der Waals surface area contributed by atoms with E-state index >= 15 is 0 Å². The summed E-state index contributed by atoms with van der Waals surface area (Å²) in [6.07, 6.45) is 1.68. The van der Waals surface area contributed by atoms with Gasteiger partial charge in [-0.25, -0.2) is 0 Å². The third-order valence-electron chi connectivity index (χ3n) is 3.12. The van der Waals surface area contributed by atoms with E-state index in [1.54, 1.807) is 0 Å². The summed E-state index contributed by atoms with van der Waals surface area (Å²) in [6, 6.07) is 16.1. The van der Waals surface area contributed by atoms with E-state index in [-0.39, 0.29) is 6.04 Å². The van der Waals surface area contributed by atoms with Gasteiger partial charge in [-0.3, -0.25) is 0 Å². The Bertz CT molecular complexity index is 539. The van der Waals surface area contributed by atoms with Crippen LogP contribution in [0.4, 0.5) is 0 Å². The summed E-state index contributed by atoms with van der Waals surface area (Å²) >= 11 is 5.88. The number of rotatable bonds is 6. The quantitative estimate of drug-likeness (QED) is 0.876. The molecular weight excluding hydrogens is 270 g/mol. The Balaban J connectivity index is 1.95. The second-order valence-corrected chi connectivity index (χ2v) is 5.31. The molecule has 0 fully saturated rings. The molecule has 0 aliphatic rings. The highest BCUT2D eigenvalue weighted by molar-refractivity contribution is 6.30. The van der Waals surface area contributed by atoms with Gasteiger partial charge >= 0.3 is 0 Å². The molecule has 3 heteroatoms. The smallest absolute Gasteiger partial charge is 0.119 e. The largest absolute Gasteiger partial charge is 0.494 e. The van der Waals surface area contributed by atoms with E-state index in [1.807, 2.05) is 43.3 Å². The van der Waals surface area contributed by atoms with Crippen molar-refractivity contribution < 1.29 is 4.74 Å². The molecular formula is C17H20ClNO. The fourth-order valence-corrected chi connectivity index (χ4v) is 2.35. The van der Waals surface area contributed by atoms with Crippen molar-refractivity contribution in [2.24, 2.45) is 5.73 Å². The first kappa shape index (κ1) is 14.9. The molecule has 0 aliphatic heterocycles. The van der Waals surface area contributed by atoms with Crippen molar-refractivity contribution in [3.8, 4) is 5.75 Å². The summed E-state index contributed by atoms with van der Waals surface area (Å²) in [7, 11) is 0. The van der Waals surface area contributed by atoms with Gasteiger partial charge in [0.1, 0.15) is 5.75 Å². The highest BCUT2D eigenvalue weighted by Crippen LogP contribution is 2.16. The van der Waals surface area contributed by atoms with E-state index in [1.165, 1.54) is 11.1 Å². The Morgan fingerprint density at radius 3 is 2.45 bits per heavy atom. The molecule has 2 aromatic carbocycles. The van der Waals surface area contributed by atoms with Crippen LogP contribution in [0, 0.1) is 0 Å². The van der Waals surface area contributed by atoms with Crippen molar-refractivity contribution in [3.05, 3.63) is 64.7 Å². The van der Waals surface area contributed by atoms with Crippen LogP contribution in [-0.2, 0) is 12.8 Å².